The topological polar surface area (TPSA) is 37.3 Å². The molecule has 1 atom stereocenters. The van der Waals surface area contributed by atoms with Gasteiger partial charge in [0.05, 0.1) is 0 Å². The van der Waals surface area contributed by atoms with Gasteiger partial charge >= 0.3 is 0 Å². The Morgan fingerprint density at radius 1 is 1.83 bits per heavy atom. The van der Waals surface area contributed by atoms with Crippen LogP contribution in [0.5, 0.6) is 0 Å². The average Bonchev–Trinajstić information content (AvgIpc) is 1.35. The monoisotopic (exact) mass is 108 g/mol. The Morgan fingerprint density at radius 3 is 2.00 bits per heavy atom. The van der Waals surface area contributed by atoms with E-state index >= 15 is 0 Å². The Balaban J connectivity index is 3.48. The minimum Gasteiger partial charge on any atom is -0.344 e. The molecule has 38 valence electrons. The molecule has 0 aromatic heterocycles. The van der Waals surface area contributed by atoms with Crippen LogP contribution in [0.15, 0.2) is 0 Å². The molecule has 0 unspecified atom stereocenters. The van der Waals surface area contributed by atoms with Gasteiger partial charge in [-0.25, -0.2) is 0 Å². The molecular weight excluding hydrogens is 99.0 g/mol. The number of hydrogen-bond donors (Lipinski definition) is 1. The molecule has 0 heterocycles. The van der Waals surface area contributed by atoms with Crippen LogP contribution in [0.4, 0.5) is 0 Å². The molecule has 0 saturated carbocycles. The van der Waals surface area contributed by atoms with Crippen molar-refractivity contribution in [1.82, 2.24) is 0 Å². The smallest absolute Gasteiger partial charge is 0.197 e. The maximum Gasteiger partial charge on any atom is 0.197 e. The first-order valence-corrected chi connectivity index (χ1v) is 4.15. The van der Waals surface area contributed by atoms with Crippen LogP contribution >= 0.6 is 7.37 Å². The van der Waals surface area contributed by atoms with Crippen LogP contribution in [0.1, 0.15) is 6.92 Å². The Labute approximate surface area is 37.6 Å². The van der Waals surface area contributed by atoms with Gasteiger partial charge in [-0.1, -0.05) is 6.92 Å². The second kappa shape index (κ2) is 1.76. The normalized spacial score (nSPS) is 19.8. The summed E-state index contributed by atoms with van der Waals surface area (Å²) in [5, 5.41) is 0. The molecule has 0 aromatic rings. The van der Waals surface area contributed by atoms with Crippen LogP contribution in [-0.2, 0) is 4.57 Å². The van der Waals surface area contributed by atoms with Crippen LogP contribution < -0.4 is 0 Å². The Morgan fingerprint density at radius 2 is 2.00 bits per heavy atom. The van der Waals surface area contributed by atoms with Crippen molar-refractivity contribution in [3.8, 4) is 0 Å². The summed E-state index contributed by atoms with van der Waals surface area (Å²) in [6.45, 7) is 3.05. The fraction of sp³-hybridized carbons (Fsp3) is 1.00. The molecule has 0 aliphatic carbocycles. The van der Waals surface area contributed by atoms with Gasteiger partial charge < -0.3 is 4.89 Å². The summed E-state index contributed by atoms with van der Waals surface area (Å²) in [4.78, 5) is 8.38. The predicted molar refractivity (Wildman–Crippen MR) is 26.3 cm³/mol. The second-order valence-corrected chi connectivity index (χ2v) is 4.10. The van der Waals surface area contributed by atoms with E-state index in [4.69, 9.17) is 4.89 Å². The van der Waals surface area contributed by atoms with Crippen molar-refractivity contribution in [1.29, 1.82) is 0 Å². The molecule has 6 heavy (non-hydrogen) atoms. The van der Waals surface area contributed by atoms with Crippen molar-refractivity contribution in [2.24, 2.45) is 0 Å². The molecule has 2 nitrogen and oxygen atoms in total. The zero-order chi connectivity index (χ0) is 5.21. The number of rotatable bonds is 1. The zero-order valence-corrected chi connectivity index (χ0v) is 4.90. The van der Waals surface area contributed by atoms with Gasteiger partial charge in [-0.2, -0.15) is 0 Å². The van der Waals surface area contributed by atoms with Crippen molar-refractivity contribution in [3.63, 3.8) is 0 Å². The SMILES string of the molecule is CC[P@](C)(=O)O. The first kappa shape index (κ1) is 6.19. The molecule has 0 spiro atoms. The molecule has 0 rings (SSSR count). The van der Waals surface area contributed by atoms with Crippen LogP contribution in [0, 0.1) is 0 Å². The van der Waals surface area contributed by atoms with E-state index in [1.165, 1.54) is 6.66 Å². The van der Waals surface area contributed by atoms with Crippen molar-refractivity contribution < 1.29 is 9.46 Å². The maximum atomic E-state index is 10.1. The van der Waals surface area contributed by atoms with Gasteiger partial charge in [-0.15, -0.1) is 0 Å². The first-order chi connectivity index (χ1) is 2.56. The lowest BCUT2D eigenvalue weighted by Crippen LogP contribution is -1.75. The van der Waals surface area contributed by atoms with Crippen LogP contribution in [0.3, 0.4) is 0 Å². The van der Waals surface area contributed by atoms with Crippen LogP contribution in [-0.4, -0.2) is 17.7 Å². The first-order valence-electron chi connectivity index (χ1n) is 1.85. The predicted octanol–water partition coefficient (Wildman–Crippen LogP) is 0.906. The fourth-order valence-corrected chi connectivity index (χ4v) is 0. The van der Waals surface area contributed by atoms with Gasteiger partial charge in [0.2, 0.25) is 0 Å². The van der Waals surface area contributed by atoms with Gasteiger partial charge in [-0.05, 0) is 0 Å². The van der Waals surface area contributed by atoms with E-state index in [2.05, 4.69) is 0 Å². The molecule has 3 heteroatoms. The van der Waals surface area contributed by atoms with Gasteiger partial charge in [0, 0.05) is 12.8 Å². The summed E-state index contributed by atoms with van der Waals surface area (Å²) in [6, 6.07) is 0. The summed E-state index contributed by atoms with van der Waals surface area (Å²) in [5.41, 5.74) is 0. The van der Waals surface area contributed by atoms with Crippen LogP contribution in [0.2, 0.25) is 0 Å². The van der Waals surface area contributed by atoms with Gasteiger partial charge in [-0.3, -0.25) is 4.57 Å². The fourth-order valence-electron chi connectivity index (χ4n) is 0. The van der Waals surface area contributed by atoms with Crippen molar-refractivity contribution in [2.75, 3.05) is 12.8 Å². The highest BCUT2D eigenvalue weighted by atomic mass is 31.2. The van der Waals surface area contributed by atoms with E-state index in [1.807, 2.05) is 0 Å². The van der Waals surface area contributed by atoms with E-state index in [-0.39, 0.29) is 0 Å². The van der Waals surface area contributed by atoms with E-state index in [0.29, 0.717) is 6.16 Å². The van der Waals surface area contributed by atoms with Gasteiger partial charge in [0.25, 0.3) is 0 Å². The van der Waals surface area contributed by atoms with Crippen molar-refractivity contribution >= 4 is 7.37 Å². The molecule has 0 aliphatic rings. The van der Waals surface area contributed by atoms with Gasteiger partial charge in [0.15, 0.2) is 7.37 Å². The lowest BCUT2D eigenvalue weighted by atomic mass is 11.0. The van der Waals surface area contributed by atoms with E-state index in [1.54, 1.807) is 6.92 Å². The molecule has 0 radical (unpaired) electrons. The highest BCUT2D eigenvalue weighted by Crippen LogP contribution is 2.33. The summed E-state index contributed by atoms with van der Waals surface area (Å²) in [5.74, 6) is 0. The molecule has 0 bridgehead atoms. The zero-order valence-electron chi connectivity index (χ0n) is 4.01. The highest BCUT2D eigenvalue weighted by Gasteiger charge is 2.01. The Hall–Kier alpha value is 0.190. The van der Waals surface area contributed by atoms with Crippen molar-refractivity contribution in [2.45, 2.75) is 6.92 Å². The summed E-state index contributed by atoms with van der Waals surface area (Å²) >= 11 is 0. The lowest BCUT2D eigenvalue weighted by Gasteiger charge is -1.94. The maximum absolute atomic E-state index is 10.1. The van der Waals surface area contributed by atoms with Gasteiger partial charge in [0.1, 0.15) is 0 Å². The average molecular weight is 108 g/mol. The molecular formula is C3H9O2P. The quantitative estimate of drug-likeness (QED) is 0.507. The Bertz CT molecular complexity index is 72.9. The minimum absolute atomic E-state index is 0.382. The molecule has 0 aliphatic heterocycles. The third-order valence-electron chi connectivity index (χ3n) is 0.587. The van der Waals surface area contributed by atoms with E-state index in [9.17, 15) is 4.57 Å². The summed E-state index contributed by atoms with van der Waals surface area (Å²) < 4.78 is 10.1. The minimum atomic E-state index is -2.65. The molecule has 0 amide bonds. The Kier molecular flexibility index (Phi) is 1.82. The summed E-state index contributed by atoms with van der Waals surface area (Å²) in [6.07, 6.45) is 0.382. The molecule has 1 N–H and O–H groups in total. The van der Waals surface area contributed by atoms with E-state index in [0.717, 1.165) is 0 Å². The van der Waals surface area contributed by atoms with E-state index < -0.39 is 7.37 Å². The molecule has 0 aromatic carbocycles. The number of hydrogen-bond acceptors (Lipinski definition) is 1. The largest absolute Gasteiger partial charge is 0.344 e. The summed E-state index contributed by atoms with van der Waals surface area (Å²) in [7, 11) is -2.65. The molecule has 0 saturated heterocycles. The highest BCUT2D eigenvalue weighted by molar-refractivity contribution is 7.57. The van der Waals surface area contributed by atoms with Crippen molar-refractivity contribution in [3.05, 3.63) is 0 Å². The molecule has 0 fully saturated rings. The second-order valence-electron chi connectivity index (χ2n) is 1.37. The van der Waals surface area contributed by atoms with Crippen LogP contribution in [0.25, 0.3) is 0 Å². The standard InChI is InChI=1S/C3H9O2P/c1-3-6(2,4)5/h3H2,1-2H3,(H,4,5). The third-order valence-corrected chi connectivity index (χ3v) is 1.76. The third kappa shape index (κ3) is 4.19. The lowest BCUT2D eigenvalue weighted by molar-refractivity contribution is 0.486.